The van der Waals surface area contributed by atoms with Gasteiger partial charge in [0, 0.05) is 31.1 Å². The van der Waals surface area contributed by atoms with Gasteiger partial charge in [-0.2, -0.15) is 0 Å². The fourth-order valence-corrected chi connectivity index (χ4v) is 3.43. The largest absolute Gasteiger partial charge is 0.480 e. The number of hydrogen-bond donors (Lipinski definition) is 2. The second-order valence-electron chi connectivity index (χ2n) is 3.67. The number of carboxylic acids is 1. The smallest absolute Gasteiger partial charge is 0.326 e. The van der Waals surface area contributed by atoms with Crippen molar-refractivity contribution in [3.8, 4) is 0 Å². The third-order valence-electron chi connectivity index (χ3n) is 2.61. The van der Waals surface area contributed by atoms with Crippen LogP contribution in [0.1, 0.15) is 10.9 Å². The molecule has 1 aliphatic rings. The zero-order valence-corrected chi connectivity index (χ0v) is 11.1. The number of carboxylic acid groups (broad SMARTS) is 1. The van der Waals surface area contributed by atoms with E-state index in [0.29, 0.717) is 0 Å². The van der Waals surface area contributed by atoms with Crippen LogP contribution in [0.25, 0.3) is 0 Å². The minimum atomic E-state index is -0.767. The number of thiophene rings is 1. The first-order valence-electron chi connectivity index (χ1n) is 5.11. The Balaban J connectivity index is 2.19. The molecule has 0 saturated carbocycles. The lowest BCUT2D eigenvalue weighted by Crippen LogP contribution is -2.46. The molecule has 1 aromatic heterocycles. The third kappa shape index (κ3) is 2.63. The molecule has 0 radical (unpaired) electrons. The summed E-state index contributed by atoms with van der Waals surface area (Å²) >= 11 is 4.86. The summed E-state index contributed by atoms with van der Waals surface area (Å²) in [5.41, 5.74) is 0. The molecule has 6 heteroatoms. The van der Waals surface area contributed by atoms with E-state index in [-0.39, 0.29) is 0 Å². The lowest BCUT2D eigenvalue weighted by Gasteiger charge is -2.31. The zero-order valence-electron chi connectivity index (χ0n) is 8.65. The lowest BCUT2D eigenvalue weighted by molar-refractivity contribution is -0.143. The van der Waals surface area contributed by atoms with E-state index in [9.17, 15) is 9.90 Å². The lowest BCUT2D eigenvalue weighted by atomic mass is 10.2. The van der Waals surface area contributed by atoms with Gasteiger partial charge in [-0.1, -0.05) is 0 Å². The van der Waals surface area contributed by atoms with E-state index in [4.69, 9.17) is 0 Å². The number of aliphatic carboxylic acids is 1. The first-order valence-corrected chi connectivity index (χ1v) is 6.72. The molecular weight excluding hydrogens is 292 g/mol. The van der Waals surface area contributed by atoms with Gasteiger partial charge in [0.2, 0.25) is 0 Å². The number of nitrogens with one attached hydrogen (secondary N) is 1. The summed E-state index contributed by atoms with van der Waals surface area (Å²) in [4.78, 5) is 14.2. The van der Waals surface area contributed by atoms with Crippen molar-refractivity contribution >= 4 is 33.2 Å². The molecule has 1 aromatic rings. The molecule has 1 aliphatic heterocycles. The van der Waals surface area contributed by atoms with Gasteiger partial charge in [0.05, 0.1) is 3.79 Å². The number of rotatable bonds is 3. The Morgan fingerprint density at radius 3 is 2.69 bits per heavy atom. The van der Waals surface area contributed by atoms with E-state index in [1.165, 1.54) is 11.3 Å². The maximum absolute atomic E-state index is 11.3. The fraction of sp³-hybridized carbons (Fsp3) is 0.500. The second kappa shape index (κ2) is 5.27. The summed E-state index contributed by atoms with van der Waals surface area (Å²) in [5.74, 6) is -0.767. The molecule has 0 amide bonds. The standard InChI is InChI=1S/C10H13BrN2O2S/c11-8-2-1-7(16-8)9(10(14)15)13-5-3-12-4-6-13/h1-2,9,12H,3-6H2,(H,14,15). The highest BCUT2D eigenvalue weighted by Gasteiger charge is 2.29. The average molecular weight is 305 g/mol. The molecule has 2 heterocycles. The Labute approximate surface area is 106 Å². The van der Waals surface area contributed by atoms with E-state index in [1.54, 1.807) is 0 Å². The Bertz CT molecular complexity index is 377. The maximum Gasteiger partial charge on any atom is 0.326 e. The predicted octanol–water partition coefficient (Wildman–Crippen LogP) is 1.54. The van der Waals surface area contributed by atoms with Crippen molar-refractivity contribution in [2.45, 2.75) is 6.04 Å². The van der Waals surface area contributed by atoms with Crippen LogP contribution in [-0.4, -0.2) is 42.2 Å². The van der Waals surface area contributed by atoms with E-state index < -0.39 is 12.0 Å². The van der Waals surface area contributed by atoms with Crippen molar-refractivity contribution in [1.29, 1.82) is 0 Å². The van der Waals surface area contributed by atoms with Crippen LogP contribution >= 0.6 is 27.3 Å². The van der Waals surface area contributed by atoms with Gasteiger partial charge in [-0.3, -0.25) is 9.69 Å². The van der Waals surface area contributed by atoms with Crippen molar-refractivity contribution < 1.29 is 9.90 Å². The minimum Gasteiger partial charge on any atom is -0.480 e. The van der Waals surface area contributed by atoms with Gasteiger partial charge >= 0.3 is 5.97 Å². The van der Waals surface area contributed by atoms with Crippen LogP contribution in [0.15, 0.2) is 15.9 Å². The van der Waals surface area contributed by atoms with Crippen LogP contribution in [0.3, 0.4) is 0 Å². The van der Waals surface area contributed by atoms with Gasteiger partial charge in [-0.05, 0) is 28.1 Å². The van der Waals surface area contributed by atoms with Gasteiger partial charge in [0.15, 0.2) is 0 Å². The average Bonchev–Trinajstić information content (AvgIpc) is 2.66. The Morgan fingerprint density at radius 2 is 2.19 bits per heavy atom. The van der Waals surface area contributed by atoms with Gasteiger partial charge in [0.25, 0.3) is 0 Å². The minimum absolute atomic E-state index is 0.501. The van der Waals surface area contributed by atoms with Crippen molar-refractivity contribution in [3.05, 3.63) is 20.8 Å². The normalized spacial score (nSPS) is 19.6. The molecule has 88 valence electrons. The van der Waals surface area contributed by atoms with E-state index in [1.807, 2.05) is 17.0 Å². The first kappa shape index (κ1) is 12.0. The Hall–Kier alpha value is -0.430. The number of carbonyl (C=O) groups is 1. The molecule has 1 atom stereocenters. The van der Waals surface area contributed by atoms with E-state index >= 15 is 0 Å². The summed E-state index contributed by atoms with van der Waals surface area (Å²) in [6.45, 7) is 3.28. The summed E-state index contributed by atoms with van der Waals surface area (Å²) in [6, 6.07) is 3.28. The summed E-state index contributed by atoms with van der Waals surface area (Å²) in [7, 11) is 0. The quantitative estimate of drug-likeness (QED) is 0.889. The molecule has 16 heavy (non-hydrogen) atoms. The molecular formula is C10H13BrN2O2S. The highest BCUT2D eigenvalue weighted by Crippen LogP contribution is 2.31. The van der Waals surface area contributed by atoms with E-state index in [0.717, 1.165) is 34.8 Å². The van der Waals surface area contributed by atoms with Crippen LogP contribution in [0, 0.1) is 0 Å². The number of piperazine rings is 1. The Morgan fingerprint density at radius 1 is 1.50 bits per heavy atom. The predicted molar refractivity (Wildman–Crippen MR) is 66.8 cm³/mol. The highest BCUT2D eigenvalue weighted by molar-refractivity contribution is 9.11. The van der Waals surface area contributed by atoms with Crippen LogP contribution in [-0.2, 0) is 4.79 Å². The van der Waals surface area contributed by atoms with Crippen LogP contribution in [0.2, 0.25) is 0 Å². The fourth-order valence-electron chi connectivity index (χ4n) is 1.87. The SMILES string of the molecule is O=C(O)C(c1ccc(Br)s1)N1CCNCC1. The molecule has 1 saturated heterocycles. The van der Waals surface area contributed by atoms with E-state index in [2.05, 4.69) is 21.2 Å². The topological polar surface area (TPSA) is 52.6 Å². The maximum atomic E-state index is 11.3. The molecule has 0 aromatic carbocycles. The molecule has 0 bridgehead atoms. The molecule has 4 nitrogen and oxygen atoms in total. The van der Waals surface area contributed by atoms with Gasteiger partial charge in [0.1, 0.15) is 6.04 Å². The van der Waals surface area contributed by atoms with Gasteiger partial charge < -0.3 is 10.4 Å². The van der Waals surface area contributed by atoms with Gasteiger partial charge in [-0.25, -0.2) is 0 Å². The van der Waals surface area contributed by atoms with Crippen molar-refractivity contribution in [2.24, 2.45) is 0 Å². The van der Waals surface area contributed by atoms with Crippen molar-refractivity contribution in [2.75, 3.05) is 26.2 Å². The zero-order chi connectivity index (χ0) is 11.5. The molecule has 0 aliphatic carbocycles. The second-order valence-corrected chi connectivity index (χ2v) is 6.16. The Kier molecular flexibility index (Phi) is 3.96. The van der Waals surface area contributed by atoms with Crippen LogP contribution in [0.5, 0.6) is 0 Å². The van der Waals surface area contributed by atoms with Crippen LogP contribution < -0.4 is 5.32 Å². The number of nitrogens with zero attached hydrogens (tertiary/aromatic N) is 1. The molecule has 2 rings (SSSR count). The monoisotopic (exact) mass is 304 g/mol. The van der Waals surface area contributed by atoms with Crippen LogP contribution in [0.4, 0.5) is 0 Å². The molecule has 1 unspecified atom stereocenters. The molecule has 1 fully saturated rings. The first-order chi connectivity index (χ1) is 7.68. The molecule has 2 N–H and O–H groups in total. The third-order valence-corrected chi connectivity index (χ3v) is 4.29. The highest BCUT2D eigenvalue weighted by atomic mass is 79.9. The number of halogens is 1. The van der Waals surface area contributed by atoms with Crippen molar-refractivity contribution in [3.63, 3.8) is 0 Å². The van der Waals surface area contributed by atoms with Gasteiger partial charge in [-0.15, -0.1) is 11.3 Å². The summed E-state index contributed by atoms with van der Waals surface area (Å²) < 4.78 is 0.976. The van der Waals surface area contributed by atoms with Crippen molar-refractivity contribution in [1.82, 2.24) is 10.2 Å². The summed E-state index contributed by atoms with van der Waals surface area (Å²) in [5, 5.41) is 12.5. The summed E-state index contributed by atoms with van der Waals surface area (Å²) in [6.07, 6.45) is 0. The molecule has 0 spiro atoms. The number of hydrogen-bond acceptors (Lipinski definition) is 4.